The fraction of sp³-hybridized carbons (Fsp3) is 0.0465. The predicted molar refractivity (Wildman–Crippen MR) is 203 cm³/mol. The summed E-state index contributed by atoms with van der Waals surface area (Å²) in [4.78, 5) is 4.30. The van der Waals surface area contributed by atoms with Gasteiger partial charge in [-0.25, -0.2) is 8.78 Å². The monoisotopic (exact) mass is 813 g/mol. The molecule has 3 heterocycles. The maximum Gasteiger partial charge on any atom is 0.416 e. The van der Waals surface area contributed by atoms with Gasteiger partial charge in [0.1, 0.15) is 28.8 Å². The third kappa shape index (κ3) is 9.24. The lowest BCUT2D eigenvalue weighted by molar-refractivity contribution is -0.138. The van der Waals surface area contributed by atoms with Gasteiger partial charge in [-0.3, -0.25) is 4.98 Å². The Hall–Kier alpha value is -6.80. The average molecular weight is 814 g/mol. The normalized spacial score (nSPS) is 11.5. The Kier molecular flexibility index (Phi) is 11.1. The number of hydrogen-bond acceptors (Lipinski definition) is 6. The topological polar surface area (TPSA) is 73.7 Å². The Morgan fingerprint density at radius 1 is 0.483 bits per heavy atom. The predicted octanol–water partition coefficient (Wildman–Crippen LogP) is 12.9. The van der Waals surface area contributed by atoms with Crippen molar-refractivity contribution in [3.05, 3.63) is 174 Å². The molecule has 0 aliphatic heterocycles. The molecule has 0 unspecified atom stereocenters. The van der Waals surface area contributed by atoms with Crippen LogP contribution in [0, 0.1) is 11.6 Å². The van der Waals surface area contributed by atoms with E-state index in [4.69, 9.17) is 16.3 Å². The second kappa shape index (κ2) is 16.4. The first-order valence-corrected chi connectivity index (χ1v) is 17.4. The van der Waals surface area contributed by atoms with Crippen molar-refractivity contribution in [1.29, 1.82) is 0 Å². The average Bonchev–Trinajstić information content (AvgIpc) is 3.20. The van der Waals surface area contributed by atoms with Gasteiger partial charge in [-0.1, -0.05) is 66.2 Å². The summed E-state index contributed by atoms with van der Waals surface area (Å²) in [5.41, 5.74) is 2.57. The summed E-state index contributed by atoms with van der Waals surface area (Å²) in [6.45, 7) is 0. The van der Waals surface area contributed by atoms with E-state index in [2.05, 4.69) is 25.4 Å². The Morgan fingerprint density at radius 2 is 1.02 bits per heavy atom. The fourth-order valence-electron chi connectivity index (χ4n) is 5.84. The summed E-state index contributed by atoms with van der Waals surface area (Å²) >= 11 is 5.86. The van der Waals surface area contributed by atoms with Crippen LogP contribution in [0.5, 0.6) is 11.6 Å². The molecule has 0 fully saturated rings. The van der Waals surface area contributed by atoms with Crippen LogP contribution in [0.2, 0.25) is 5.15 Å². The quantitative estimate of drug-likeness (QED) is 0.156. The van der Waals surface area contributed by atoms with Crippen LogP contribution in [0.1, 0.15) is 11.1 Å². The summed E-state index contributed by atoms with van der Waals surface area (Å²) < 4.78 is 110. The van der Waals surface area contributed by atoms with Gasteiger partial charge in [0.15, 0.2) is 5.15 Å². The molecule has 0 aliphatic carbocycles. The maximum atomic E-state index is 13.9. The van der Waals surface area contributed by atoms with Crippen molar-refractivity contribution in [2.24, 2.45) is 0 Å². The van der Waals surface area contributed by atoms with Crippen molar-refractivity contribution in [2.75, 3.05) is 0 Å². The zero-order valence-corrected chi connectivity index (χ0v) is 30.2. The molecule has 0 amide bonds. The van der Waals surface area contributed by atoms with Crippen molar-refractivity contribution in [3.63, 3.8) is 0 Å². The maximum absolute atomic E-state index is 13.9. The molecule has 58 heavy (non-hydrogen) atoms. The van der Waals surface area contributed by atoms with E-state index < -0.39 is 35.1 Å². The number of halogens is 9. The second-order valence-corrected chi connectivity index (χ2v) is 12.9. The van der Waals surface area contributed by atoms with Crippen molar-refractivity contribution >= 4 is 22.5 Å². The Morgan fingerprint density at radius 3 is 1.55 bits per heavy atom. The molecule has 0 saturated carbocycles. The van der Waals surface area contributed by atoms with E-state index in [0.717, 1.165) is 35.2 Å². The molecule has 8 rings (SSSR count). The molecule has 0 bridgehead atoms. The van der Waals surface area contributed by atoms with Crippen LogP contribution >= 0.6 is 11.6 Å². The van der Waals surface area contributed by atoms with Gasteiger partial charge in [-0.15, -0.1) is 20.4 Å². The molecule has 0 N–H and O–H groups in total. The zero-order valence-electron chi connectivity index (χ0n) is 29.4. The smallest absolute Gasteiger partial charge is 0.416 e. The van der Waals surface area contributed by atoms with E-state index >= 15 is 0 Å². The molecule has 0 radical (unpaired) electrons. The number of hydrogen-bond donors (Lipinski definition) is 0. The highest BCUT2D eigenvalue weighted by molar-refractivity contribution is 6.29. The molecule has 0 aliphatic rings. The summed E-state index contributed by atoms with van der Waals surface area (Å²) in [6.07, 6.45) is -7.21. The molecule has 5 aromatic carbocycles. The third-order valence-corrected chi connectivity index (χ3v) is 8.76. The highest BCUT2D eigenvalue weighted by atomic mass is 35.5. The van der Waals surface area contributed by atoms with E-state index in [-0.39, 0.29) is 11.0 Å². The lowest BCUT2D eigenvalue weighted by atomic mass is 9.99. The number of nitrogens with zero attached hydrogens (tertiary/aromatic N) is 5. The molecule has 0 saturated heterocycles. The van der Waals surface area contributed by atoms with Crippen LogP contribution in [0.15, 0.2) is 146 Å². The number of alkyl halides is 6. The minimum Gasteiger partial charge on any atom is -0.437 e. The molecule has 8 aromatic rings. The molecule has 0 spiro atoms. The van der Waals surface area contributed by atoms with Gasteiger partial charge in [0, 0.05) is 46.0 Å². The molecule has 290 valence electrons. The van der Waals surface area contributed by atoms with Gasteiger partial charge < -0.3 is 4.74 Å². The van der Waals surface area contributed by atoms with Crippen LogP contribution in [-0.4, -0.2) is 25.4 Å². The minimum absolute atomic E-state index is 0.0880. The van der Waals surface area contributed by atoms with Crippen molar-refractivity contribution in [3.8, 4) is 56.4 Å². The largest absolute Gasteiger partial charge is 0.437 e. The van der Waals surface area contributed by atoms with Gasteiger partial charge in [-0.05, 0) is 83.9 Å². The van der Waals surface area contributed by atoms with Crippen LogP contribution in [0.4, 0.5) is 35.1 Å². The van der Waals surface area contributed by atoms with E-state index in [1.54, 1.807) is 36.5 Å². The fourth-order valence-corrected chi connectivity index (χ4v) is 5.98. The zero-order chi connectivity index (χ0) is 41.0. The standard InChI is InChI=1S/C26H15F4N3O.C17H9ClF4N2/c27-20-5-1-3-18(13-20)25-22(16-6-9-19(10-7-16)26(28,29)30)15-24(32-33-25)34-21-11-8-17-4-2-12-31-23(17)14-21;18-15-9-14(10-4-6-12(7-5-10)17(20,21)22)16(24-23-15)11-2-1-3-13(19)8-11/h1-15H;1-9H. The number of aromatic nitrogens is 5. The molecule has 3 aromatic heterocycles. The van der Waals surface area contributed by atoms with E-state index in [9.17, 15) is 35.1 Å². The van der Waals surface area contributed by atoms with Gasteiger partial charge in [0.2, 0.25) is 5.88 Å². The molecular formula is C43H24ClF8N5O. The van der Waals surface area contributed by atoms with Gasteiger partial charge >= 0.3 is 12.4 Å². The molecular weight excluding hydrogens is 790 g/mol. The lowest BCUT2D eigenvalue weighted by Crippen LogP contribution is -2.04. The van der Waals surface area contributed by atoms with Crippen molar-refractivity contribution in [1.82, 2.24) is 25.4 Å². The van der Waals surface area contributed by atoms with E-state index in [0.29, 0.717) is 50.5 Å². The summed E-state index contributed by atoms with van der Waals surface area (Å²) in [6, 6.07) is 32.8. The number of ether oxygens (including phenoxy) is 1. The Bertz CT molecular complexity index is 2730. The third-order valence-electron chi connectivity index (χ3n) is 8.58. The SMILES string of the molecule is Fc1cccc(-c2nnc(Cl)cc2-c2ccc(C(F)(F)F)cc2)c1.Fc1cccc(-c2nnc(Oc3ccc4cccnc4c3)cc2-c2ccc(C(F)(F)F)cc2)c1. The van der Waals surface area contributed by atoms with Crippen LogP contribution in [0.3, 0.4) is 0 Å². The highest BCUT2D eigenvalue weighted by Gasteiger charge is 2.31. The number of pyridine rings is 1. The number of rotatable bonds is 6. The molecule has 0 atom stereocenters. The Labute approximate surface area is 329 Å². The van der Waals surface area contributed by atoms with Crippen molar-refractivity contribution < 1.29 is 39.9 Å². The lowest BCUT2D eigenvalue weighted by Gasteiger charge is -2.13. The van der Waals surface area contributed by atoms with Crippen LogP contribution in [-0.2, 0) is 12.4 Å². The van der Waals surface area contributed by atoms with E-state index in [1.807, 2.05) is 18.2 Å². The second-order valence-electron chi connectivity index (χ2n) is 12.5. The minimum atomic E-state index is -4.46. The van der Waals surface area contributed by atoms with Gasteiger partial charge in [0.25, 0.3) is 0 Å². The molecule has 6 nitrogen and oxygen atoms in total. The van der Waals surface area contributed by atoms with Gasteiger partial charge in [0.05, 0.1) is 16.6 Å². The number of fused-ring (bicyclic) bond motifs is 1. The number of benzene rings is 5. The first-order chi connectivity index (χ1) is 27.7. The summed E-state index contributed by atoms with van der Waals surface area (Å²) in [5, 5.41) is 17.1. The van der Waals surface area contributed by atoms with Crippen LogP contribution in [0.25, 0.3) is 55.7 Å². The van der Waals surface area contributed by atoms with E-state index in [1.165, 1.54) is 66.7 Å². The first-order valence-electron chi connectivity index (χ1n) is 17.0. The first kappa shape index (κ1) is 39.4. The van der Waals surface area contributed by atoms with Crippen molar-refractivity contribution in [2.45, 2.75) is 12.4 Å². The Balaban J connectivity index is 0.000000188. The summed E-state index contributed by atoms with van der Waals surface area (Å²) in [5.74, 6) is -0.327. The van der Waals surface area contributed by atoms with Crippen LogP contribution < -0.4 is 4.74 Å². The highest BCUT2D eigenvalue weighted by Crippen LogP contribution is 2.37. The summed E-state index contributed by atoms with van der Waals surface area (Å²) in [7, 11) is 0. The van der Waals surface area contributed by atoms with Gasteiger partial charge in [-0.2, -0.15) is 26.3 Å². The molecule has 15 heteroatoms.